The molecule has 1 N–H and O–H groups in total. The van der Waals surface area contributed by atoms with Gasteiger partial charge < -0.3 is 15.0 Å². The highest BCUT2D eigenvalue weighted by molar-refractivity contribution is 9.10. The van der Waals surface area contributed by atoms with Crippen LogP contribution in [0.25, 0.3) is 0 Å². The third-order valence-electron chi connectivity index (χ3n) is 3.33. The lowest BCUT2D eigenvalue weighted by Crippen LogP contribution is -2.43. The number of rotatable bonds is 6. The summed E-state index contributed by atoms with van der Waals surface area (Å²) < 4.78 is 5.86. The van der Waals surface area contributed by atoms with Gasteiger partial charge in [0.2, 0.25) is 0 Å². The van der Waals surface area contributed by atoms with E-state index >= 15 is 0 Å². The molecule has 0 bridgehead atoms. The molecule has 0 aliphatic rings. The summed E-state index contributed by atoms with van der Waals surface area (Å²) >= 11 is 3.40. The van der Waals surface area contributed by atoms with Crippen molar-refractivity contribution >= 4 is 21.8 Å². The molecule has 0 fully saturated rings. The van der Waals surface area contributed by atoms with Crippen LogP contribution >= 0.6 is 15.9 Å². The third-order valence-corrected chi connectivity index (χ3v) is 3.98. The van der Waals surface area contributed by atoms with Gasteiger partial charge in [0, 0.05) is 17.1 Å². The fourth-order valence-electron chi connectivity index (χ4n) is 2.11. The SMILES string of the molecule is COc1ccc(C(=O)NC[C@H](C(C)C)N(C)C)c(Br)c1. The fourth-order valence-corrected chi connectivity index (χ4v) is 2.65. The molecular formula is C15H23BrN2O2. The second kappa shape index (κ2) is 7.64. The van der Waals surface area contributed by atoms with Crippen molar-refractivity contribution < 1.29 is 9.53 Å². The predicted octanol–water partition coefficient (Wildman–Crippen LogP) is 2.77. The molecule has 1 aromatic carbocycles. The van der Waals surface area contributed by atoms with Crippen LogP contribution < -0.4 is 10.1 Å². The Hall–Kier alpha value is -1.07. The van der Waals surface area contributed by atoms with E-state index in [1.54, 1.807) is 25.3 Å². The summed E-state index contributed by atoms with van der Waals surface area (Å²) in [5, 5.41) is 2.99. The quantitative estimate of drug-likeness (QED) is 0.864. The molecule has 5 heteroatoms. The molecule has 0 saturated heterocycles. The molecule has 1 amide bonds. The smallest absolute Gasteiger partial charge is 0.252 e. The van der Waals surface area contributed by atoms with Crippen LogP contribution in [0.2, 0.25) is 0 Å². The normalized spacial score (nSPS) is 12.6. The van der Waals surface area contributed by atoms with Crippen LogP contribution in [0.5, 0.6) is 5.75 Å². The van der Waals surface area contributed by atoms with Crippen molar-refractivity contribution in [3.05, 3.63) is 28.2 Å². The number of nitrogens with zero attached hydrogens (tertiary/aromatic N) is 1. The number of hydrogen-bond acceptors (Lipinski definition) is 3. The minimum Gasteiger partial charge on any atom is -0.497 e. The van der Waals surface area contributed by atoms with E-state index in [0.29, 0.717) is 24.1 Å². The molecule has 0 aromatic heterocycles. The lowest BCUT2D eigenvalue weighted by atomic mass is 10.0. The Morgan fingerprint density at radius 1 is 1.40 bits per heavy atom. The molecule has 0 saturated carbocycles. The summed E-state index contributed by atoms with van der Waals surface area (Å²) in [6.07, 6.45) is 0. The minimum atomic E-state index is -0.0768. The summed E-state index contributed by atoms with van der Waals surface area (Å²) in [6, 6.07) is 5.65. The van der Waals surface area contributed by atoms with Gasteiger partial charge in [-0.1, -0.05) is 13.8 Å². The molecule has 0 heterocycles. The lowest BCUT2D eigenvalue weighted by Gasteiger charge is -2.28. The van der Waals surface area contributed by atoms with Crippen LogP contribution in [-0.4, -0.2) is 44.6 Å². The van der Waals surface area contributed by atoms with E-state index in [0.717, 1.165) is 10.2 Å². The average Bonchev–Trinajstić information content (AvgIpc) is 2.37. The molecule has 0 radical (unpaired) electrons. The van der Waals surface area contributed by atoms with Gasteiger partial charge in [-0.25, -0.2) is 0 Å². The van der Waals surface area contributed by atoms with Crippen molar-refractivity contribution in [1.29, 1.82) is 0 Å². The first-order valence-corrected chi connectivity index (χ1v) is 7.44. The Kier molecular flexibility index (Phi) is 6.49. The van der Waals surface area contributed by atoms with Gasteiger partial charge in [0.15, 0.2) is 0 Å². The number of carbonyl (C=O) groups is 1. The Morgan fingerprint density at radius 3 is 2.50 bits per heavy atom. The van der Waals surface area contributed by atoms with Crippen LogP contribution in [0.4, 0.5) is 0 Å². The number of likely N-dealkylation sites (N-methyl/N-ethyl adjacent to an activating group) is 1. The number of nitrogens with one attached hydrogen (secondary N) is 1. The highest BCUT2D eigenvalue weighted by Crippen LogP contribution is 2.22. The summed E-state index contributed by atoms with van der Waals surface area (Å²) in [5.74, 6) is 1.12. The number of amides is 1. The van der Waals surface area contributed by atoms with Crippen LogP contribution in [0, 0.1) is 5.92 Å². The molecule has 112 valence electrons. The Morgan fingerprint density at radius 2 is 2.05 bits per heavy atom. The molecule has 0 aliphatic carbocycles. The molecular weight excluding hydrogens is 320 g/mol. The van der Waals surface area contributed by atoms with Crippen molar-refractivity contribution in [2.45, 2.75) is 19.9 Å². The van der Waals surface area contributed by atoms with E-state index in [1.807, 2.05) is 14.1 Å². The number of carbonyl (C=O) groups excluding carboxylic acids is 1. The van der Waals surface area contributed by atoms with Gasteiger partial charge in [0.05, 0.1) is 12.7 Å². The van der Waals surface area contributed by atoms with Crippen LogP contribution in [0.3, 0.4) is 0 Å². The molecule has 4 nitrogen and oxygen atoms in total. The Balaban J connectivity index is 2.72. The maximum Gasteiger partial charge on any atom is 0.252 e. The first-order valence-electron chi connectivity index (χ1n) is 6.65. The fraction of sp³-hybridized carbons (Fsp3) is 0.533. The Bertz CT molecular complexity index is 453. The topological polar surface area (TPSA) is 41.6 Å². The highest BCUT2D eigenvalue weighted by Gasteiger charge is 2.18. The highest BCUT2D eigenvalue weighted by atomic mass is 79.9. The number of methoxy groups -OCH3 is 1. The van der Waals surface area contributed by atoms with Gasteiger partial charge in [-0.2, -0.15) is 0 Å². The summed E-state index contributed by atoms with van der Waals surface area (Å²) in [5.41, 5.74) is 0.618. The van der Waals surface area contributed by atoms with Gasteiger partial charge in [0.1, 0.15) is 5.75 Å². The van der Waals surface area contributed by atoms with E-state index in [4.69, 9.17) is 4.74 Å². The van der Waals surface area contributed by atoms with E-state index in [-0.39, 0.29) is 5.91 Å². The van der Waals surface area contributed by atoms with Crippen molar-refractivity contribution in [2.24, 2.45) is 5.92 Å². The summed E-state index contributed by atoms with van der Waals surface area (Å²) in [7, 11) is 5.66. The average molecular weight is 343 g/mol. The van der Waals surface area contributed by atoms with Gasteiger partial charge >= 0.3 is 0 Å². The zero-order valence-electron chi connectivity index (χ0n) is 12.7. The van der Waals surface area contributed by atoms with Gasteiger partial charge in [-0.05, 0) is 54.1 Å². The van der Waals surface area contributed by atoms with Crippen molar-refractivity contribution in [1.82, 2.24) is 10.2 Å². The van der Waals surface area contributed by atoms with E-state index in [9.17, 15) is 4.79 Å². The van der Waals surface area contributed by atoms with E-state index < -0.39 is 0 Å². The molecule has 1 rings (SSSR count). The Labute approximate surface area is 129 Å². The summed E-state index contributed by atoms with van der Waals surface area (Å²) in [4.78, 5) is 14.3. The number of halogens is 1. The molecule has 20 heavy (non-hydrogen) atoms. The zero-order valence-corrected chi connectivity index (χ0v) is 14.3. The molecule has 1 atom stereocenters. The van der Waals surface area contributed by atoms with Crippen molar-refractivity contribution in [3.63, 3.8) is 0 Å². The monoisotopic (exact) mass is 342 g/mol. The zero-order chi connectivity index (χ0) is 15.3. The second-order valence-electron chi connectivity index (χ2n) is 5.33. The maximum absolute atomic E-state index is 12.2. The molecule has 0 aliphatic heterocycles. The van der Waals surface area contributed by atoms with Crippen LogP contribution in [0.15, 0.2) is 22.7 Å². The molecule has 1 aromatic rings. The molecule has 0 spiro atoms. The van der Waals surface area contributed by atoms with Crippen molar-refractivity contribution in [2.75, 3.05) is 27.7 Å². The first-order chi connectivity index (χ1) is 9.36. The predicted molar refractivity (Wildman–Crippen MR) is 85.3 cm³/mol. The van der Waals surface area contributed by atoms with Gasteiger partial charge in [0.25, 0.3) is 5.91 Å². The maximum atomic E-state index is 12.2. The number of ether oxygens (including phenoxy) is 1. The second-order valence-corrected chi connectivity index (χ2v) is 6.19. The van der Waals surface area contributed by atoms with E-state index in [1.165, 1.54) is 0 Å². The third kappa shape index (κ3) is 4.49. The minimum absolute atomic E-state index is 0.0768. The molecule has 0 unspecified atom stereocenters. The van der Waals surface area contributed by atoms with E-state index in [2.05, 4.69) is 40.0 Å². The lowest BCUT2D eigenvalue weighted by molar-refractivity contribution is 0.0934. The van der Waals surface area contributed by atoms with Crippen LogP contribution in [0.1, 0.15) is 24.2 Å². The standard InChI is InChI=1S/C15H23BrN2O2/c1-10(2)14(18(3)4)9-17-15(19)12-7-6-11(20-5)8-13(12)16/h6-8,10,14H,9H2,1-5H3,(H,17,19)/t14-/m1/s1. The number of hydrogen-bond donors (Lipinski definition) is 1. The van der Waals surface area contributed by atoms with Crippen molar-refractivity contribution in [3.8, 4) is 5.75 Å². The van der Waals surface area contributed by atoms with Crippen LogP contribution in [-0.2, 0) is 0 Å². The van der Waals surface area contributed by atoms with Gasteiger partial charge in [-0.3, -0.25) is 4.79 Å². The largest absolute Gasteiger partial charge is 0.497 e. The first kappa shape index (κ1) is 17.0. The number of benzene rings is 1. The van der Waals surface area contributed by atoms with Gasteiger partial charge in [-0.15, -0.1) is 0 Å². The summed E-state index contributed by atoms with van der Waals surface area (Å²) in [6.45, 7) is 4.93.